The minimum atomic E-state index is -0.517. The van der Waals surface area contributed by atoms with Crippen molar-refractivity contribution in [2.75, 3.05) is 18.4 Å². The van der Waals surface area contributed by atoms with Crippen LogP contribution in [0, 0.1) is 0 Å². The Morgan fingerprint density at radius 1 is 1.52 bits per heavy atom. The molecule has 1 saturated heterocycles. The van der Waals surface area contributed by atoms with E-state index in [1.165, 1.54) is 12.8 Å². The van der Waals surface area contributed by atoms with E-state index in [1.54, 1.807) is 6.20 Å². The van der Waals surface area contributed by atoms with E-state index in [0.717, 1.165) is 18.7 Å². The average molecular weight is 295 g/mol. The monoisotopic (exact) mass is 295 g/mol. The van der Waals surface area contributed by atoms with E-state index in [1.807, 2.05) is 20.8 Å². The number of nitrogens with zero attached hydrogens (tertiary/aromatic N) is 1. The molecule has 1 aliphatic rings. The van der Waals surface area contributed by atoms with Crippen LogP contribution in [0.4, 0.5) is 10.6 Å². The van der Waals surface area contributed by atoms with Gasteiger partial charge in [0.2, 0.25) is 0 Å². The highest BCUT2D eigenvalue weighted by Crippen LogP contribution is 2.14. The summed E-state index contributed by atoms with van der Waals surface area (Å²) in [5.41, 5.74) is 0.398. The second-order valence-electron chi connectivity index (χ2n) is 6.32. The van der Waals surface area contributed by atoms with Gasteiger partial charge in [-0.1, -0.05) is 0 Å². The van der Waals surface area contributed by atoms with Gasteiger partial charge in [0.1, 0.15) is 11.4 Å². The molecule has 7 heteroatoms. The van der Waals surface area contributed by atoms with Gasteiger partial charge < -0.3 is 15.4 Å². The lowest BCUT2D eigenvalue weighted by molar-refractivity contribution is 0.0635. The Labute approximate surface area is 125 Å². The highest BCUT2D eigenvalue weighted by atomic mass is 16.6. The maximum atomic E-state index is 11.7. The van der Waals surface area contributed by atoms with Crippen molar-refractivity contribution in [1.82, 2.24) is 20.8 Å². The van der Waals surface area contributed by atoms with Crippen LogP contribution >= 0.6 is 0 Å². The normalized spacial score (nSPS) is 18.7. The van der Waals surface area contributed by atoms with Crippen LogP contribution < -0.4 is 16.0 Å². The summed E-state index contributed by atoms with van der Waals surface area (Å²) in [5, 5.41) is 16.3. The maximum absolute atomic E-state index is 11.7. The second kappa shape index (κ2) is 6.91. The molecule has 2 heterocycles. The van der Waals surface area contributed by atoms with Crippen LogP contribution in [0.15, 0.2) is 6.20 Å². The lowest BCUT2D eigenvalue weighted by Gasteiger charge is -2.19. The summed E-state index contributed by atoms with van der Waals surface area (Å²) in [6.45, 7) is 8.16. The van der Waals surface area contributed by atoms with Crippen molar-refractivity contribution < 1.29 is 9.53 Å². The highest BCUT2D eigenvalue weighted by Gasteiger charge is 2.18. The van der Waals surface area contributed by atoms with E-state index >= 15 is 0 Å². The molecule has 7 nitrogen and oxygen atoms in total. The fourth-order valence-electron chi connectivity index (χ4n) is 2.27. The number of anilines is 1. The van der Waals surface area contributed by atoms with Crippen molar-refractivity contribution in [1.29, 1.82) is 0 Å². The van der Waals surface area contributed by atoms with Gasteiger partial charge >= 0.3 is 6.09 Å². The van der Waals surface area contributed by atoms with E-state index in [-0.39, 0.29) is 0 Å². The first-order valence-corrected chi connectivity index (χ1v) is 7.40. The maximum Gasteiger partial charge on any atom is 0.413 e. The summed E-state index contributed by atoms with van der Waals surface area (Å²) in [5.74, 6) is 0.580. The van der Waals surface area contributed by atoms with Crippen molar-refractivity contribution in [3.63, 3.8) is 0 Å². The first-order valence-electron chi connectivity index (χ1n) is 7.40. The zero-order chi connectivity index (χ0) is 15.3. The number of ether oxygens (including phenoxy) is 1. The quantitative estimate of drug-likeness (QED) is 0.662. The smallest absolute Gasteiger partial charge is 0.413 e. The molecule has 118 valence electrons. The van der Waals surface area contributed by atoms with Gasteiger partial charge in [0.25, 0.3) is 0 Å². The number of aromatic amines is 1. The first kappa shape index (κ1) is 15.8. The molecule has 0 bridgehead atoms. The molecule has 1 atom stereocenters. The standard InChI is InChI=1S/C14H25N5O2/c1-14(2,3)21-13(20)18-12-10(8-17-19-12)7-15-9-11-5-4-6-16-11/h8,11,15-16H,4-7,9H2,1-3H3,(H2,17,18,19,20). The lowest BCUT2D eigenvalue weighted by atomic mass is 10.2. The van der Waals surface area contributed by atoms with Crippen LogP contribution in [0.5, 0.6) is 0 Å². The zero-order valence-electron chi connectivity index (χ0n) is 13.0. The molecule has 1 unspecified atom stereocenters. The molecule has 1 aromatic heterocycles. The Balaban J connectivity index is 1.79. The molecule has 0 radical (unpaired) electrons. The van der Waals surface area contributed by atoms with Gasteiger partial charge in [0, 0.05) is 24.7 Å². The fraction of sp³-hybridized carbons (Fsp3) is 0.714. The van der Waals surface area contributed by atoms with E-state index in [2.05, 4.69) is 26.1 Å². The SMILES string of the molecule is CC(C)(C)OC(=O)Nc1[nH]ncc1CNCC1CCCN1. The van der Waals surface area contributed by atoms with Gasteiger partial charge in [-0.25, -0.2) is 4.79 Å². The molecule has 1 aliphatic heterocycles. The Morgan fingerprint density at radius 2 is 2.33 bits per heavy atom. The van der Waals surface area contributed by atoms with Crippen LogP contribution in [0.1, 0.15) is 39.2 Å². The molecule has 2 rings (SSSR count). The third-order valence-corrected chi connectivity index (χ3v) is 3.21. The molecular formula is C14H25N5O2. The van der Waals surface area contributed by atoms with Crippen LogP contribution in [0.2, 0.25) is 0 Å². The summed E-state index contributed by atoms with van der Waals surface area (Å²) in [6, 6.07) is 0.541. The van der Waals surface area contributed by atoms with Crippen LogP contribution in [0.3, 0.4) is 0 Å². The minimum absolute atomic E-state index is 0.481. The minimum Gasteiger partial charge on any atom is -0.444 e. The Bertz CT molecular complexity index is 460. The first-order chi connectivity index (χ1) is 9.94. The van der Waals surface area contributed by atoms with E-state index in [9.17, 15) is 4.79 Å². The number of carbonyl (C=O) groups is 1. The van der Waals surface area contributed by atoms with Gasteiger partial charge in [0.05, 0.1) is 6.20 Å². The molecule has 1 amide bonds. The average Bonchev–Trinajstić information content (AvgIpc) is 2.99. The molecule has 0 spiro atoms. The number of hydrogen-bond acceptors (Lipinski definition) is 5. The van der Waals surface area contributed by atoms with Crippen molar-refractivity contribution in [2.45, 2.75) is 51.8 Å². The van der Waals surface area contributed by atoms with Gasteiger partial charge in [-0.15, -0.1) is 0 Å². The molecule has 4 N–H and O–H groups in total. The molecule has 1 aromatic rings. The van der Waals surface area contributed by atoms with Gasteiger partial charge in [-0.05, 0) is 40.2 Å². The van der Waals surface area contributed by atoms with E-state index in [0.29, 0.717) is 18.4 Å². The van der Waals surface area contributed by atoms with E-state index < -0.39 is 11.7 Å². The number of aromatic nitrogens is 2. The molecule has 0 saturated carbocycles. The summed E-state index contributed by atoms with van der Waals surface area (Å²) in [4.78, 5) is 11.7. The molecular weight excluding hydrogens is 270 g/mol. The van der Waals surface area contributed by atoms with Crippen LogP contribution in [-0.2, 0) is 11.3 Å². The van der Waals surface area contributed by atoms with Crippen LogP contribution in [-0.4, -0.2) is 41.0 Å². The Kier molecular flexibility index (Phi) is 5.19. The fourth-order valence-corrected chi connectivity index (χ4v) is 2.27. The third kappa shape index (κ3) is 5.35. The predicted molar refractivity (Wildman–Crippen MR) is 81.2 cm³/mol. The summed E-state index contributed by atoms with van der Waals surface area (Å²) >= 11 is 0. The van der Waals surface area contributed by atoms with Gasteiger partial charge in [-0.2, -0.15) is 5.10 Å². The van der Waals surface area contributed by atoms with Gasteiger partial charge in [0.15, 0.2) is 0 Å². The number of hydrogen-bond donors (Lipinski definition) is 4. The predicted octanol–water partition coefficient (Wildman–Crippen LogP) is 1.60. The lowest BCUT2D eigenvalue weighted by Crippen LogP contribution is -2.33. The van der Waals surface area contributed by atoms with Gasteiger partial charge in [-0.3, -0.25) is 10.4 Å². The van der Waals surface area contributed by atoms with Crippen molar-refractivity contribution in [2.24, 2.45) is 0 Å². The van der Waals surface area contributed by atoms with Crippen LogP contribution in [0.25, 0.3) is 0 Å². The third-order valence-electron chi connectivity index (χ3n) is 3.21. The molecule has 0 aromatic carbocycles. The van der Waals surface area contributed by atoms with Crippen molar-refractivity contribution in [3.05, 3.63) is 11.8 Å². The van der Waals surface area contributed by atoms with Crippen molar-refractivity contribution >= 4 is 11.9 Å². The molecule has 21 heavy (non-hydrogen) atoms. The molecule has 1 fully saturated rings. The summed E-state index contributed by atoms with van der Waals surface area (Å²) in [6.07, 6.45) is 3.68. The number of rotatable bonds is 5. The molecule has 0 aliphatic carbocycles. The zero-order valence-corrected chi connectivity index (χ0v) is 13.0. The largest absolute Gasteiger partial charge is 0.444 e. The summed E-state index contributed by atoms with van der Waals surface area (Å²) in [7, 11) is 0. The number of nitrogens with one attached hydrogen (secondary N) is 4. The second-order valence-corrected chi connectivity index (χ2v) is 6.32. The highest BCUT2D eigenvalue weighted by molar-refractivity contribution is 5.84. The number of carbonyl (C=O) groups excluding carboxylic acids is 1. The topological polar surface area (TPSA) is 91.1 Å². The Hall–Kier alpha value is -1.60. The Morgan fingerprint density at radius 3 is 3.00 bits per heavy atom. The van der Waals surface area contributed by atoms with Crippen molar-refractivity contribution in [3.8, 4) is 0 Å². The number of amides is 1. The van der Waals surface area contributed by atoms with E-state index in [4.69, 9.17) is 4.74 Å². The number of H-pyrrole nitrogens is 1. The summed E-state index contributed by atoms with van der Waals surface area (Å²) < 4.78 is 5.22.